The Morgan fingerprint density at radius 3 is 2.18 bits per heavy atom. The molecular weight excluding hydrogens is 472 g/mol. The molecule has 0 spiro atoms. The van der Waals surface area contributed by atoms with Gasteiger partial charge in [0.15, 0.2) is 6.10 Å². The molecular formula is C33H30N2O3. The number of nitrogens with zero attached hydrogens (tertiary/aromatic N) is 2. The van der Waals surface area contributed by atoms with E-state index in [2.05, 4.69) is 42.7 Å². The van der Waals surface area contributed by atoms with Gasteiger partial charge < -0.3 is 9.30 Å². The highest BCUT2D eigenvalue weighted by atomic mass is 16.5. The van der Waals surface area contributed by atoms with Crippen molar-refractivity contribution in [2.24, 2.45) is 0 Å². The summed E-state index contributed by atoms with van der Waals surface area (Å²) in [4.78, 5) is 31.4. The van der Waals surface area contributed by atoms with Crippen molar-refractivity contribution in [1.29, 1.82) is 0 Å². The highest BCUT2D eigenvalue weighted by Gasteiger charge is 2.25. The van der Waals surface area contributed by atoms with Gasteiger partial charge in [-0.2, -0.15) is 0 Å². The van der Waals surface area contributed by atoms with E-state index < -0.39 is 12.1 Å². The maximum atomic E-state index is 13.5. The number of pyridine rings is 1. The first-order chi connectivity index (χ1) is 18.4. The van der Waals surface area contributed by atoms with Gasteiger partial charge in [-0.3, -0.25) is 4.79 Å². The van der Waals surface area contributed by atoms with E-state index in [4.69, 9.17) is 9.72 Å². The minimum Gasteiger partial charge on any atom is -0.450 e. The standard InChI is InChI=1S/C33H30N2O3/c1-5-31(32(36)25-9-7-6-8-10-25)38-33(37)28-20-30(34-29-18-11-21(2)19-27(28)29)24-14-16-26(17-15-24)35-22(3)12-13-23(35)4/h6-20,31H,5H2,1-4H3. The van der Waals surface area contributed by atoms with Crippen LogP contribution in [0.2, 0.25) is 0 Å². The summed E-state index contributed by atoms with van der Waals surface area (Å²) in [6, 6.07) is 28.9. The molecule has 2 aromatic heterocycles. The summed E-state index contributed by atoms with van der Waals surface area (Å²) in [6.45, 7) is 7.98. The lowest BCUT2D eigenvalue weighted by Crippen LogP contribution is -2.27. The number of hydrogen-bond acceptors (Lipinski definition) is 4. The van der Waals surface area contributed by atoms with Crippen molar-refractivity contribution in [3.8, 4) is 16.9 Å². The van der Waals surface area contributed by atoms with Gasteiger partial charge >= 0.3 is 5.97 Å². The number of hydrogen-bond donors (Lipinski definition) is 0. The summed E-state index contributed by atoms with van der Waals surface area (Å²) < 4.78 is 8.01. The minimum atomic E-state index is -0.867. The molecule has 0 bridgehead atoms. The predicted molar refractivity (Wildman–Crippen MR) is 151 cm³/mol. The molecule has 5 rings (SSSR count). The normalized spacial score (nSPS) is 11.9. The number of carbonyl (C=O) groups excluding carboxylic acids is 2. The minimum absolute atomic E-state index is 0.206. The van der Waals surface area contributed by atoms with E-state index in [0.717, 1.165) is 28.2 Å². The number of aryl methyl sites for hydroxylation is 3. The SMILES string of the molecule is CCC(OC(=O)c1cc(-c2ccc(-n3c(C)ccc3C)cc2)nc2ccc(C)cc12)C(=O)c1ccccc1. The Morgan fingerprint density at radius 2 is 1.53 bits per heavy atom. The summed E-state index contributed by atoms with van der Waals surface area (Å²) >= 11 is 0. The Bertz CT molecular complexity index is 1610. The van der Waals surface area contributed by atoms with Crippen LogP contribution < -0.4 is 0 Å². The molecule has 190 valence electrons. The third-order valence-corrected chi connectivity index (χ3v) is 6.85. The molecule has 0 fully saturated rings. The Labute approximate surface area is 222 Å². The van der Waals surface area contributed by atoms with E-state index >= 15 is 0 Å². The second-order valence-electron chi connectivity index (χ2n) is 9.61. The number of ketones is 1. The zero-order chi connectivity index (χ0) is 26.8. The van der Waals surface area contributed by atoms with E-state index in [1.807, 2.05) is 50.2 Å². The fraction of sp³-hybridized carbons (Fsp3) is 0.182. The van der Waals surface area contributed by atoms with Crippen molar-refractivity contribution in [3.63, 3.8) is 0 Å². The molecule has 1 atom stereocenters. The van der Waals surface area contributed by atoms with Crippen molar-refractivity contribution in [2.75, 3.05) is 0 Å². The van der Waals surface area contributed by atoms with E-state index in [1.165, 1.54) is 0 Å². The molecule has 0 aliphatic heterocycles. The Morgan fingerprint density at radius 1 is 0.842 bits per heavy atom. The summed E-state index contributed by atoms with van der Waals surface area (Å²) in [7, 11) is 0. The zero-order valence-electron chi connectivity index (χ0n) is 22.1. The zero-order valence-corrected chi connectivity index (χ0v) is 22.1. The first kappa shape index (κ1) is 25.2. The van der Waals surface area contributed by atoms with Gasteiger partial charge in [0.05, 0.1) is 16.8 Å². The third-order valence-electron chi connectivity index (χ3n) is 6.85. The smallest absolute Gasteiger partial charge is 0.339 e. The quantitative estimate of drug-likeness (QED) is 0.171. The van der Waals surface area contributed by atoms with Crippen LogP contribution in [0.15, 0.2) is 91.0 Å². The van der Waals surface area contributed by atoms with Gasteiger partial charge in [-0.05, 0) is 69.7 Å². The van der Waals surface area contributed by atoms with Crippen LogP contribution in [-0.2, 0) is 4.74 Å². The predicted octanol–water partition coefficient (Wildman–Crippen LogP) is 7.44. The highest BCUT2D eigenvalue weighted by molar-refractivity contribution is 6.07. The maximum Gasteiger partial charge on any atom is 0.339 e. The number of Topliss-reactive ketones (excluding diaryl/α,β-unsaturated/α-hetero) is 1. The first-order valence-corrected chi connectivity index (χ1v) is 12.8. The molecule has 5 heteroatoms. The highest BCUT2D eigenvalue weighted by Crippen LogP contribution is 2.28. The van der Waals surface area contributed by atoms with Gasteiger partial charge in [0, 0.05) is 33.6 Å². The average Bonchev–Trinajstić information content (AvgIpc) is 3.28. The summed E-state index contributed by atoms with van der Waals surface area (Å²) in [5.74, 6) is -0.738. The molecule has 38 heavy (non-hydrogen) atoms. The second kappa shape index (κ2) is 10.5. The lowest BCUT2D eigenvalue weighted by molar-refractivity contribution is 0.0279. The number of esters is 1. The summed E-state index contributed by atoms with van der Waals surface area (Å²) in [6.07, 6.45) is -0.484. The molecule has 3 aromatic carbocycles. The molecule has 5 aromatic rings. The van der Waals surface area contributed by atoms with E-state index in [0.29, 0.717) is 34.1 Å². The van der Waals surface area contributed by atoms with Crippen LogP contribution in [0.4, 0.5) is 0 Å². The lowest BCUT2D eigenvalue weighted by Gasteiger charge is -2.17. The van der Waals surface area contributed by atoms with Gasteiger partial charge in [0.2, 0.25) is 5.78 Å². The molecule has 0 saturated carbocycles. The molecule has 5 nitrogen and oxygen atoms in total. The van der Waals surface area contributed by atoms with Crippen molar-refractivity contribution < 1.29 is 14.3 Å². The van der Waals surface area contributed by atoms with Gasteiger partial charge in [-0.15, -0.1) is 0 Å². The maximum absolute atomic E-state index is 13.5. The third kappa shape index (κ3) is 4.88. The van der Waals surface area contributed by atoms with E-state index in [-0.39, 0.29) is 5.78 Å². The molecule has 0 N–H and O–H groups in total. The summed E-state index contributed by atoms with van der Waals surface area (Å²) in [5.41, 5.74) is 7.58. The largest absolute Gasteiger partial charge is 0.450 e. The van der Waals surface area contributed by atoms with Crippen molar-refractivity contribution >= 4 is 22.7 Å². The van der Waals surface area contributed by atoms with Crippen LogP contribution in [-0.4, -0.2) is 27.4 Å². The molecule has 0 amide bonds. The number of carbonyl (C=O) groups is 2. The Kier molecular flexibility index (Phi) is 6.93. The number of aromatic nitrogens is 2. The number of ether oxygens (including phenoxy) is 1. The average molecular weight is 503 g/mol. The topological polar surface area (TPSA) is 61.2 Å². The van der Waals surface area contributed by atoms with Gasteiger partial charge in [0.25, 0.3) is 0 Å². The number of rotatable bonds is 7. The van der Waals surface area contributed by atoms with Crippen LogP contribution in [0.1, 0.15) is 51.0 Å². The molecule has 0 saturated heterocycles. The van der Waals surface area contributed by atoms with Crippen LogP contribution in [0.5, 0.6) is 0 Å². The molecule has 0 radical (unpaired) electrons. The number of fused-ring (bicyclic) bond motifs is 1. The fourth-order valence-corrected chi connectivity index (χ4v) is 4.82. The summed E-state index contributed by atoms with van der Waals surface area (Å²) in [5, 5.41) is 0.705. The van der Waals surface area contributed by atoms with Crippen LogP contribution in [0.3, 0.4) is 0 Å². The Hall–Kier alpha value is -4.51. The van der Waals surface area contributed by atoms with Gasteiger partial charge in [-0.1, -0.05) is 61.0 Å². The fourth-order valence-electron chi connectivity index (χ4n) is 4.82. The van der Waals surface area contributed by atoms with Gasteiger partial charge in [0.1, 0.15) is 0 Å². The molecule has 0 aliphatic rings. The Balaban J connectivity index is 1.52. The lowest BCUT2D eigenvalue weighted by atomic mass is 10.0. The van der Waals surface area contributed by atoms with E-state index in [9.17, 15) is 9.59 Å². The van der Waals surface area contributed by atoms with Crippen LogP contribution in [0, 0.1) is 20.8 Å². The van der Waals surface area contributed by atoms with Gasteiger partial charge in [-0.25, -0.2) is 9.78 Å². The molecule has 2 heterocycles. The van der Waals surface area contributed by atoms with Crippen LogP contribution >= 0.6 is 0 Å². The number of benzene rings is 3. The van der Waals surface area contributed by atoms with Crippen LogP contribution in [0.25, 0.3) is 27.8 Å². The first-order valence-electron chi connectivity index (χ1n) is 12.8. The van der Waals surface area contributed by atoms with Crippen molar-refractivity contribution in [2.45, 2.75) is 40.2 Å². The molecule has 0 aliphatic carbocycles. The molecule has 1 unspecified atom stereocenters. The van der Waals surface area contributed by atoms with E-state index in [1.54, 1.807) is 30.3 Å². The monoisotopic (exact) mass is 502 g/mol. The van der Waals surface area contributed by atoms with Crippen molar-refractivity contribution in [3.05, 3.63) is 119 Å². The second-order valence-corrected chi connectivity index (χ2v) is 9.61. The van der Waals surface area contributed by atoms with Crippen molar-refractivity contribution in [1.82, 2.24) is 9.55 Å².